The molecule has 164 valence electrons. The third-order valence-corrected chi connectivity index (χ3v) is 7.03. The molecule has 0 atom stereocenters. The normalized spacial score (nSPS) is 13.4. The Morgan fingerprint density at radius 2 is 1.78 bits per heavy atom. The summed E-state index contributed by atoms with van der Waals surface area (Å²) in [5.41, 5.74) is 7.52. The van der Waals surface area contributed by atoms with E-state index in [0.717, 1.165) is 18.4 Å². The first-order chi connectivity index (χ1) is 15.4. The molecular weight excluding hydrogens is 428 g/mol. The van der Waals surface area contributed by atoms with Crippen molar-refractivity contribution in [1.82, 2.24) is 10.3 Å². The molecule has 1 heterocycles. The van der Waals surface area contributed by atoms with Crippen LogP contribution in [0, 0.1) is 0 Å². The Labute approximate surface area is 185 Å². The van der Waals surface area contributed by atoms with Gasteiger partial charge in [-0.1, -0.05) is 12.1 Å². The molecule has 9 heteroatoms. The third kappa shape index (κ3) is 4.62. The minimum Gasteiger partial charge on any atom is -0.366 e. The first kappa shape index (κ1) is 21.5. The molecule has 0 spiro atoms. The van der Waals surface area contributed by atoms with Crippen LogP contribution < -0.4 is 16.4 Å². The lowest BCUT2D eigenvalue weighted by Crippen LogP contribution is -2.28. The van der Waals surface area contributed by atoms with Crippen LogP contribution in [0.5, 0.6) is 0 Å². The Morgan fingerprint density at radius 1 is 1.03 bits per heavy atom. The van der Waals surface area contributed by atoms with Crippen molar-refractivity contribution < 1.29 is 18.0 Å². The maximum Gasteiger partial charge on any atom is 0.319 e. The topological polar surface area (TPSA) is 131 Å². The molecule has 32 heavy (non-hydrogen) atoms. The van der Waals surface area contributed by atoms with E-state index in [2.05, 4.69) is 15.6 Å². The average Bonchev–Trinajstić information content (AvgIpc) is 3.63. The number of hydrogen-bond acceptors (Lipinski definition) is 5. The van der Waals surface area contributed by atoms with E-state index in [1.54, 1.807) is 24.5 Å². The summed E-state index contributed by atoms with van der Waals surface area (Å²) in [6.07, 6.45) is 4.95. The van der Waals surface area contributed by atoms with Crippen molar-refractivity contribution in [1.29, 1.82) is 0 Å². The van der Waals surface area contributed by atoms with E-state index in [0.29, 0.717) is 17.8 Å². The molecule has 0 bridgehead atoms. The molecular formula is C23H22N4O4S. The number of amides is 3. The number of nitrogens with zero attached hydrogens (tertiary/aromatic N) is 1. The fraction of sp³-hybridized carbons (Fsp3) is 0.174. The summed E-state index contributed by atoms with van der Waals surface area (Å²) in [7, 11) is -3.87. The van der Waals surface area contributed by atoms with Crippen LogP contribution in [0.25, 0.3) is 0 Å². The quantitative estimate of drug-likeness (QED) is 0.509. The van der Waals surface area contributed by atoms with Crippen molar-refractivity contribution in [3.8, 4) is 0 Å². The van der Waals surface area contributed by atoms with Crippen LogP contribution in [0.1, 0.15) is 40.2 Å². The predicted molar refractivity (Wildman–Crippen MR) is 119 cm³/mol. The Bertz CT molecular complexity index is 1250. The number of carbonyl (C=O) groups is 2. The summed E-state index contributed by atoms with van der Waals surface area (Å²) in [5, 5.41) is 5.38. The first-order valence-electron chi connectivity index (χ1n) is 10.1. The smallest absolute Gasteiger partial charge is 0.319 e. The second-order valence-corrected chi connectivity index (χ2v) is 9.47. The van der Waals surface area contributed by atoms with Gasteiger partial charge in [0, 0.05) is 30.2 Å². The van der Waals surface area contributed by atoms with Crippen LogP contribution in [-0.4, -0.2) is 25.3 Å². The van der Waals surface area contributed by atoms with Crippen LogP contribution in [0.3, 0.4) is 0 Å². The molecule has 2 aromatic carbocycles. The maximum atomic E-state index is 13.3. The molecule has 1 aromatic heterocycles. The molecule has 8 nitrogen and oxygen atoms in total. The van der Waals surface area contributed by atoms with Gasteiger partial charge in [0.25, 0.3) is 0 Å². The highest BCUT2D eigenvalue weighted by atomic mass is 32.2. The summed E-state index contributed by atoms with van der Waals surface area (Å²) in [5.74, 6) is -0.617. The lowest BCUT2D eigenvalue weighted by molar-refractivity contribution is 0.0999. The van der Waals surface area contributed by atoms with E-state index in [-0.39, 0.29) is 21.3 Å². The van der Waals surface area contributed by atoms with Crippen molar-refractivity contribution in [3.05, 3.63) is 83.7 Å². The summed E-state index contributed by atoms with van der Waals surface area (Å²) < 4.78 is 26.6. The van der Waals surface area contributed by atoms with Crippen molar-refractivity contribution >= 4 is 27.5 Å². The van der Waals surface area contributed by atoms with Crippen molar-refractivity contribution in [2.45, 2.75) is 35.1 Å². The highest BCUT2D eigenvalue weighted by Gasteiger charge is 2.34. The van der Waals surface area contributed by atoms with E-state index in [1.807, 2.05) is 6.07 Å². The zero-order valence-electron chi connectivity index (χ0n) is 17.1. The molecule has 3 aromatic rings. The number of nitrogens with one attached hydrogen (secondary N) is 2. The Morgan fingerprint density at radius 3 is 2.41 bits per heavy atom. The third-order valence-electron chi connectivity index (χ3n) is 5.21. The lowest BCUT2D eigenvalue weighted by atomic mass is 10.0. The summed E-state index contributed by atoms with van der Waals surface area (Å²) in [6, 6.07) is 13.7. The monoisotopic (exact) mass is 450 g/mol. The van der Waals surface area contributed by atoms with Gasteiger partial charge in [0.2, 0.25) is 15.7 Å². The van der Waals surface area contributed by atoms with Gasteiger partial charge in [-0.05, 0) is 72.4 Å². The molecule has 1 saturated carbocycles. The predicted octanol–water partition coefficient (Wildman–Crippen LogP) is 3.21. The highest BCUT2D eigenvalue weighted by Crippen LogP contribution is 2.45. The van der Waals surface area contributed by atoms with E-state index >= 15 is 0 Å². The molecule has 0 saturated heterocycles. The second-order valence-electron chi connectivity index (χ2n) is 7.55. The molecule has 1 aliphatic carbocycles. The van der Waals surface area contributed by atoms with E-state index in [1.165, 1.54) is 36.4 Å². The molecule has 0 aliphatic heterocycles. The molecule has 4 rings (SSSR count). The molecule has 1 fully saturated rings. The molecule has 0 radical (unpaired) electrons. The standard InChI is InChI=1S/C23H22N4O4S/c24-22(28)19-4-1-5-20(21(19)16-6-7-16)32(30,31)18-10-8-17(9-11-18)27-23(29)26-14-15-3-2-12-25-13-15/h1-5,8-13,16H,6-7,14H2,(H2,24,28)(H2,26,27,29). The number of benzene rings is 2. The van der Waals surface area contributed by atoms with Crippen LogP contribution >= 0.6 is 0 Å². The van der Waals surface area contributed by atoms with E-state index in [4.69, 9.17) is 5.73 Å². The minimum atomic E-state index is -3.87. The van der Waals surface area contributed by atoms with E-state index in [9.17, 15) is 18.0 Å². The number of rotatable bonds is 7. The van der Waals surface area contributed by atoms with Gasteiger partial charge in [-0.25, -0.2) is 13.2 Å². The number of sulfone groups is 1. The Balaban J connectivity index is 1.51. The Hall–Kier alpha value is -3.72. The zero-order valence-corrected chi connectivity index (χ0v) is 17.9. The highest BCUT2D eigenvalue weighted by molar-refractivity contribution is 7.91. The van der Waals surface area contributed by atoms with Gasteiger partial charge in [0.1, 0.15) is 0 Å². The van der Waals surface area contributed by atoms with Gasteiger partial charge in [-0.15, -0.1) is 0 Å². The van der Waals surface area contributed by atoms with Crippen molar-refractivity contribution in [3.63, 3.8) is 0 Å². The van der Waals surface area contributed by atoms with Gasteiger partial charge >= 0.3 is 6.03 Å². The van der Waals surface area contributed by atoms with Crippen LogP contribution in [0.4, 0.5) is 10.5 Å². The second kappa shape index (κ2) is 8.80. The SMILES string of the molecule is NC(=O)c1cccc(S(=O)(=O)c2ccc(NC(=O)NCc3cccnc3)cc2)c1C1CC1. The fourth-order valence-electron chi connectivity index (χ4n) is 3.49. The number of aromatic nitrogens is 1. The first-order valence-corrected chi connectivity index (χ1v) is 11.6. The number of pyridine rings is 1. The van der Waals surface area contributed by atoms with Gasteiger partial charge in [-0.2, -0.15) is 0 Å². The number of anilines is 1. The fourth-order valence-corrected chi connectivity index (χ4v) is 5.06. The van der Waals surface area contributed by atoms with Gasteiger partial charge in [0.15, 0.2) is 0 Å². The number of nitrogens with two attached hydrogens (primary N) is 1. The molecule has 0 unspecified atom stereocenters. The number of carbonyl (C=O) groups excluding carboxylic acids is 2. The summed E-state index contributed by atoms with van der Waals surface area (Å²) in [6.45, 7) is 0.312. The van der Waals surface area contributed by atoms with Crippen molar-refractivity contribution in [2.24, 2.45) is 5.73 Å². The minimum absolute atomic E-state index is 0.0212. The van der Waals surface area contributed by atoms with Crippen LogP contribution in [-0.2, 0) is 16.4 Å². The van der Waals surface area contributed by atoms with Crippen LogP contribution in [0.15, 0.2) is 76.8 Å². The number of primary amides is 1. The molecule has 3 amide bonds. The number of urea groups is 1. The largest absolute Gasteiger partial charge is 0.366 e. The summed E-state index contributed by atoms with van der Waals surface area (Å²) >= 11 is 0. The average molecular weight is 451 g/mol. The van der Waals surface area contributed by atoms with Gasteiger partial charge in [0.05, 0.1) is 9.79 Å². The van der Waals surface area contributed by atoms with Crippen LogP contribution in [0.2, 0.25) is 0 Å². The van der Waals surface area contributed by atoms with Gasteiger partial charge in [-0.3, -0.25) is 9.78 Å². The summed E-state index contributed by atoms with van der Waals surface area (Å²) in [4.78, 5) is 28.1. The Kier molecular flexibility index (Phi) is 5.91. The number of hydrogen-bond donors (Lipinski definition) is 3. The molecule has 4 N–H and O–H groups in total. The molecule has 1 aliphatic rings. The lowest BCUT2D eigenvalue weighted by Gasteiger charge is -2.14. The zero-order chi connectivity index (χ0) is 22.7. The van der Waals surface area contributed by atoms with Crippen molar-refractivity contribution in [2.75, 3.05) is 5.32 Å². The van der Waals surface area contributed by atoms with Gasteiger partial charge < -0.3 is 16.4 Å². The maximum absolute atomic E-state index is 13.3. The van der Waals surface area contributed by atoms with E-state index < -0.39 is 21.8 Å².